The normalized spacial score (nSPS) is 11.7. The molecule has 0 aliphatic heterocycles. The quantitative estimate of drug-likeness (QED) is 0.326. The highest BCUT2D eigenvalue weighted by Crippen LogP contribution is 2.34. The molecule has 6 rings (SSSR count). The van der Waals surface area contributed by atoms with Crippen molar-refractivity contribution in [3.63, 3.8) is 0 Å². The summed E-state index contributed by atoms with van der Waals surface area (Å²) in [6.07, 6.45) is 1.92. The van der Waals surface area contributed by atoms with Crippen LogP contribution in [0, 0.1) is 20.8 Å². The largest absolute Gasteiger partial charge is 0.451 e. The average molecular weight is 404 g/mol. The van der Waals surface area contributed by atoms with E-state index >= 15 is 0 Å². The van der Waals surface area contributed by atoms with Crippen molar-refractivity contribution in [3.05, 3.63) is 96.1 Å². The number of nitrogens with zero attached hydrogens (tertiary/aromatic N) is 3. The van der Waals surface area contributed by atoms with E-state index in [1.165, 1.54) is 5.56 Å². The summed E-state index contributed by atoms with van der Waals surface area (Å²) in [7, 11) is 0. The van der Waals surface area contributed by atoms with Crippen molar-refractivity contribution < 1.29 is 8.98 Å². The van der Waals surface area contributed by atoms with Crippen LogP contribution in [-0.2, 0) is 0 Å². The molecule has 4 nitrogen and oxygen atoms in total. The fourth-order valence-corrected chi connectivity index (χ4v) is 4.67. The van der Waals surface area contributed by atoms with Gasteiger partial charge in [-0.2, -0.15) is 9.13 Å². The second kappa shape index (κ2) is 6.54. The zero-order valence-corrected chi connectivity index (χ0v) is 17.8. The van der Waals surface area contributed by atoms with Gasteiger partial charge in [-0.15, -0.1) is 0 Å². The Morgan fingerprint density at radius 3 is 2.45 bits per heavy atom. The number of aromatic nitrogens is 3. The second-order valence-electron chi connectivity index (χ2n) is 8.07. The summed E-state index contributed by atoms with van der Waals surface area (Å²) in [5.74, 6) is 1.12. The van der Waals surface area contributed by atoms with Gasteiger partial charge in [-0.1, -0.05) is 36.4 Å². The van der Waals surface area contributed by atoms with Crippen LogP contribution in [0.3, 0.4) is 0 Å². The monoisotopic (exact) mass is 404 g/mol. The molecule has 0 saturated heterocycles. The van der Waals surface area contributed by atoms with Gasteiger partial charge in [0, 0.05) is 41.2 Å². The summed E-state index contributed by atoms with van der Waals surface area (Å²) in [5, 5.41) is 2.14. The van der Waals surface area contributed by atoms with Crippen LogP contribution in [0.2, 0.25) is 0 Å². The van der Waals surface area contributed by atoms with E-state index in [1.807, 2.05) is 25.3 Å². The van der Waals surface area contributed by atoms with Gasteiger partial charge in [0.2, 0.25) is 0 Å². The van der Waals surface area contributed by atoms with Gasteiger partial charge in [-0.3, -0.25) is 4.98 Å². The molecular formula is C27H22N3O+. The Hall–Kier alpha value is -3.92. The third-order valence-electron chi connectivity index (χ3n) is 6.09. The zero-order valence-electron chi connectivity index (χ0n) is 17.8. The Morgan fingerprint density at radius 2 is 1.61 bits per heavy atom. The molecule has 0 spiro atoms. The van der Waals surface area contributed by atoms with Gasteiger partial charge in [0.1, 0.15) is 11.3 Å². The summed E-state index contributed by atoms with van der Waals surface area (Å²) >= 11 is 0. The molecular weight excluding hydrogens is 382 g/mol. The van der Waals surface area contributed by atoms with Crippen LogP contribution in [0.15, 0.2) is 83.4 Å². The molecule has 0 amide bonds. The molecule has 150 valence electrons. The van der Waals surface area contributed by atoms with Gasteiger partial charge in [0.15, 0.2) is 22.3 Å². The highest BCUT2D eigenvalue weighted by Gasteiger charge is 2.28. The SMILES string of the molecule is Cc1cc2oc3c(-[n+]4c(C)n(-c5ccccc5)c5ccccc54)c(C)ccc3c2cn1. The molecule has 6 aromatic rings. The van der Waals surface area contributed by atoms with E-state index in [0.29, 0.717) is 0 Å². The van der Waals surface area contributed by atoms with Gasteiger partial charge in [0.05, 0.1) is 0 Å². The molecule has 0 radical (unpaired) electrons. The Morgan fingerprint density at radius 1 is 0.839 bits per heavy atom. The van der Waals surface area contributed by atoms with Gasteiger partial charge >= 0.3 is 0 Å². The molecule has 31 heavy (non-hydrogen) atoms. The predicted octanol–water partition coefficient (Wildman–Crippen LogP) is 6.13. The maximum absolute atomic E-state index is 6.45. The first kappa shape index (κ1) is 17.9. The number of furan rings is 1. The number of imidazole rings is 1. The van der Waals surface area contributed by atoms with Gasteiger partial charge in [-0.05, 0) is 44.2 Å². The van der Waals surface area contributed by atoms with E-state index < -0.39 is 0 Å². The number of aryl methyl sites for hydroxylation is 2. The number of fused-ring (bicyclic) bond motifs is 4. The van der Waals surface area contributed by atoms with E-state index in [0.717, 1.165) is 55.9 Å². The lowest BCUT2D eigenvalue weighted by Gasteiger charge is -2.05. The van der Waals surface area contributed by atoms with Crippen LogP contribution in [0.1, 0.15) is 17.1 Å². The topological polar surface area (TPSA) is 34.8 Å². The van der Waals surface area contributed by atoms with Crippen LogP contribution in [0.4, 0.5) is 0 Å². The third kappa shape index (κ3) is 2.55. The fraction of sp³-hybridized carbons (Fsp3) is 0.111. The van der Waals surface area contributed by atoms with Gasteiger partial charge in [-0.25, -0.2) is 0 Å². The molecule has 0 fully saturated rings. The highest BCUT2D eigenvalue weighted by atomic mass is 16.3. The van der Waals surface area contributed by atoms with Gasteiger partial charge in [0.25, 0.3) is 5.82 Å². The van der Waals surface area contributed by atoms with Crippen LogP contribution >= 0.6 is 0 Å². The molecule has 0 aliphatic rings. The lowest BCUT2D eigenvalue weighted by molar-refractivity contribution is -0.574. The molecule has 4 heteroatoms. The zero-order chi connectivity index (χ0) is 21.1. The molecule has 0 N–H and O–H groups in total. The van der Waals surface area contributed by atoms with Crippen molar-refractivity contribution in [2.45, 2.75) is 20.8 Å². The second-order valence-corrected chi connectivity index (χ2v) is 8.07. The standard InChI is InChI=1S/C27H22N3O/c1-17-13-14-21-22-16-28-18(2)15-25(22)31-27(21)26(17)30-19(3)29(20-9-5-4-6-10-20)23-11-7-8-12-24(23)30/h4-16H,1-3H3/q+1. The lowest BCUT2D eigenvalue weighted by Crippen LogP contribution is -2.34. The predicted molar refractivity (Wildman–Crippen MR) is 124 cm³/mol. The summed E-state index contributed by atoms with van der Waals surface area (Å²) in [4.78, 5) is 4.49. The third-order valence-corrected chi connectivity index (χ3v) is 6.09. The Bertz CT molecular complexity index is 1610. The number of para-hydroxylation sites is 3. The smallest absolute Gasteiger partial charge is 0.264 e. The molecule has 3 aromatic heterocycles. The first-order valence-electron chi connectivity index (χ1n) is 10.5. The molecule has 0 bridgehead atoms. The first-order chi connectivity index (χ1) is 15.1. The number of pyridine rings is 1. The minimum atomic E-state index is 0.874. The Balaban J connectivity index is 1.77. The molecule has 0 atom stereocenters. The average Bonchev–Trinajstić information content (AvgIpc) is 3.28. The van der Waals surface area contributed by atoms with E-state index in [2.05, 4.69) is 88.6 Å². The maximum atomic E-state index is 6.45. The Labute approximate surface area is 180 Å². The van der Waals surface area contributed by atoms with E-state index in [9.17, 15) is 0 Å². The molecule has 0 aliphatic carbocycles. The van der Waals surface area contributed by atoms with Crippen molar-refractivity contribution in [1.29, 1.82) is 0 Å². The summed E-state index contributed by atoms with van der Waals surface area (Å²) < 4.78 is 11.1. The van der Waals surface area contributed by atoms with E-state index in [4.69, 9.17) is 4.42 Å². The van der Waals surface area contributed by atoms with E-state index in [-0.39, 0.29) is 0 Å². The van der Waals surface area contributed by atoms with Crippen LogP contribution < -0.4 is 4.57 Å². The maximum Gasteiger partial charge on any atom is 0.264 e. The molecule has 0 unspecified atom stereocenters. The van der Waals surface area contributed by atoms with Crippen molar-refractivity contribution in [3.8, 4) is 11.4 Å². The van der Waals surface area contributed by atoms with Crippen molar-refractivity contribution >= 4 is 33.0 Å². The van der Waals surface area contributed by atoms with Crippen molar-refractivity contribution in [2.24, 2.45) is 0 Å². The minimum Gasteiger partial charge on any atom is -0.451 e. The van der Waals surface area contributed by atoms with Crippen LogP contribution in [-0.4, -0.2) is 9.55 Å². The highest BCUT2D eigenvalue weighted by molar-refractivity contribution is 6.07. The number of hydrogen-bond acceptors (Lipinski definition) is 2. The summed E-state index contributed by atoms with van der Waals surface area (Å²) in [6, 6.07) is 25.4. The first-order valence-corrected chi connectivity index (χ1v) is 10.5. The summed E-state index contributed by atoms with van der Waals surface area (Å²) in [6.45, 7) is 6.30. The molecule has 3 aromatic carbocycles. The Kier molecular flexibility index (Phi) is 3.78. The fourth-order valence-electron chi connectivity index (χ4n) is 4.67. The van der Waals surface area contributed by atoms with Crippen molar-refractivity contribution in [2.75, 3.05) is 0 Å². The molecule has 0 saturated carbocycles. The van der Waals surface area contributed by atoms with Crippen LogP contribution in [0.5, 0.6) is 0 Å². The van der Waals surface area contributed by atoms with E-state index in [1.54, 1.807) is 0 Å². The number of benzene rings is 3. The minimum absolute atomic E-state index is 0.874. The number of rotatable bonds is 2. The lowest BCUT2D eigenvalue weighted by atomic mass is 10.1. The number of hydrogen-bond donors (Lipinski definition) is 0. The van der Waals surface area contributed by atoms with Crippen molar-refractivity contribution in [1.82, 2.24) is 9.55 Å². The van der Waals surface area contributed by atoms with Gasteiger partial charge < -0.3 is 4.42 Å². The molecule has 3 heterocycles. The summed E-state index contributed by atoms with van der Waals surface area (Å²) in [5.41, 5.74) is 8.42. The van der Waals surface area contributed by atoms with Crippen LogP contribution in [0.25, 0.3) is 44.3 Å².